The van der Waals surface area contributed by atoms with Gasteiger partial charge in [-0.25, -0.2) is 9.97 Å². The van der Waals surface area contributed by atoms with E-state index in [0.717, 1.165) is 35.0 Å². The second-order valence-corrected chi connectivity index (χ2v) is 6.41. The molecule has 0 saturated carbocycles. The Bertz CT molecular complexity index is 995. The fourth-order valence-corrected chi connectivity index (χ4v) is 3.14. The van der Waals surface area contributed by atoms with E-state index >= 15 is 0 Å². The van der Waals surface area contributed by atoms with Crippen molar-refractivity contribution >= 4 is 5.78 Å². The highest BCUT2D eigenvalue weighted by atomic mass is 15.2. The molecule has 130 valence electrons. The number of hydrogen-bond donors (Lipinski definition) is 0. The van der Waals surface area contributed by atoms with Gasteiger partial charge in [0.05, 0.1) is 17.1 Å². The van der Waals surface area contributed by atoms with Crippen molar-refractivity contribution in [3.63, 3.8) is 0 Å². The lowest BCUT2D eigenvalue weighted by Gasteiger charge is -2.24. The van der Waals surface area contributed by atoms with E-state index in [-0.39, 0.29) is 6.04 Å². The van der Waals surface area contributed by atoms with Crippen molar-refractivity contribution in [2.45, 2.75) is 19.5 Å². The highest BCUT2D eigenvalue weighted by molar-refractivity contribution is 5.65. The fraction of sp³-hybridized carbons (Fsp3) is 0.190. The Labute approximate surface area is 153 Å². The van der Waals surface area contributed by atoms with E-state index in [0.29, 0.717) is 0 Å². The van der Waals surface area contributed by atoms with Crippen LogP contribution in [0.1, 0.15) is 24.4 Å². The lowest BCUT2D eigenvalue weighted by molar-refractivity contribution is 0.245. The van der Waals surface area contributed by atoms with Crippen molar-refractivity contribution in [1.29, 1.82) is 0 Å². The maximum Gasteiger partial charge on any atom is 0.234 e. The maximum atomic E-state index is 4.78. The zero-order valence-electron chi connectivity index (χ0n) is 14.9. The van der Waals surface area contributed by atoms with Crippen LogP contribution in [-0.2, 0) is 6.54 Å². The monoisotopic (exact) mass is 343 g/mol. The van der Waals surface area contributed by atoms with Gasteiger partial charge in [-0.05, 0) is 32.2 Å². The van der Waals surface area contributed by atoms with Crippen LogP contribution in [0.3, 0.4) is 0 Å². The molecule has 0 saturated heterocycles. The van der Waals surface area contributed by atoms with Crippen LogP contribution in [0, 0.1) is 0 Å². The van der Waals surface area contributed by atoms with Crippen molar-refractivity contribution < 1.29 is 0 Å². The molecule has 26 heavy (non-hydrogen) atoms. The molecule has 0 N–H and O–H groups in total. The fourth-order valence-electron chi connectivity index (χ4n) is 3.14. The van der Waals surface area contributed by atoms with E-state index in [9.17, 15) is 0 Å². The highest BCUT2D eigenvalue weighted by Gasteiger charge is 2.19. The van der Waals surface area contributed by atoms with Crippen LogP contribution in [0.25, 0.3) is 17.0 Å². The quantitative estimate of drug-likeness (QED) is 0.550. The molecule has 1 aromatic carbocycles. The van der Waals surface area contributed by atoms with Crippen molar-refractivity contribution in [3.8, 4) is 11.3 Å². The first-order chi connectivity index (χ1) is 12.7. The third kappa shape index (κ3) is 3.09. The van der Waals surface area contributed by atoms with Crippen LogP contribution >= 0.6 is 0 Å². The molecule has 5 heteroatoms. The van der Waals surface area contributed by atoms with E-state index in [2.05, 4.69) is 51.4 Å². The largest absolute Gasteiger partial charge is 0.292 e. The number of fused-ring (bicyclic) bond motifs is 1. The number of hydrogen-bond acceptors (Lipinski definition) is 4. The van der Waals surface area contributed by atoms with Crippen LogP contribution < -0.4 is 0 Å². The summed E-state index contributed by atoms with van der Waals surface area (Å²) in [5.74, 6) is 0.722. The SMILES string of the molecule is C[C@H](c1ccccn1)N(C)Cc1c(-c2ccccc2)nc2ncccn12. The minimum Gasteiger partial charge on any atom is -0.292 e. The molecule has 4 aromatic rings. The zero-order chi connectivity index (χ0) is 17.9. The summed E-state index contributed by atoms with van der Waals surface area (Å²) in [4.78, 5) is 16.0. The van der Waals surface area contributed by atoms with Gasteiger partial charge in [-0.2, -0.15) is 0 Å². The molecule has 0 radical (unpaired) electrons. The standard InChI is InChI=1S/C21H21N5/c1-16(18-11-6-7-12-22-18)25(2)15-19-20(17-9-4-3-5-10-17)24-21-23-13-8-14-26(19)21/h3-14,16H,15H2,1-2H3/t16-/m1/s1. The summed E-state index contributed by atoms with van der Waals surface area (Å²) in [6.07, 6.45) is 5.64. The van der Waals surface area contributed by atoms with Crippen molar-refractivity contribution in [2.24, 2.45) is 0 Å². The molecular weight excluding hydrogens is 322 g/mol. The van der Waals surface area contributed by atoms with Crippen molar-refractivity contribution in [2.75, 3.05) is 7.05 Å². The van der Waals surface area contributed by atoms with Gasteiger partial charge in [0, 0.05) is 36.7 Å². The molecule has 0 aliphatic rings. The summed E-state index contributed by atoms with van der Waals surface area (Å²) in [7, 11) is 2.11. The van der Waals surface area contributed by atoms with Gasteiger partial charge in [-0.15, -0.1) is 0 Å². The first kappa shape index (κ1) is 16.4. The number of rotatable bonds is 5. The van der Waals surface area contributed by atoms with Gasteiger partial charge in [-0.3, -0.25) is 14.3 Å². The second-order valence-electron chi connectivity index (χ2n) is 6.41. The molecule has 1 atom stereocenters. The van der Waals surface area contributed by atoms with Crippen LogP contribution in [0.4, 0.5) is 0 Å². The third-order valence-corrected chi connectivity index (χ3v) is 4.73. The molecule has 0 amide bonds. The minimum atomic E-state index is 0.196. The van der Waals surface area contributed by atoms with E-state index in [4.69, 9.17) is 4.98 Å². The topological polar surface area (TPSA) is 46.3 Å². The average Bonchev–Trinajstić information content (AvgIpc) is 3.07. The van der Waals surface area contributed by atoms with Gasteiger partial charge < -0.3 is 0 Å². The Kier molecular flexibility index (Phi) is 4.46. The summed E-state index contributed by atoms with van der Waals surface area (Å²) in [6.45, 7) is 2.92. The summed E-state index contributed by atoms with van der Waals surface area (Å²) >= 11 is 0. The molecule has 3 heterocycles. The third-order valence-electron chi connectivity index (χ3n) is 4.73. The van der Waals surface area contributed by atoms with E-state index in [1.165, 1.54) is 0 Å². The molecular formula is C21H21N5. The lowest BCUT2D eigenvalue weighted by Crippen LogP contribution is -2.23. The normalized spacial score (nSPS) is 12.6. The Balaban J connectivity index is 1.73. The average molecular weight is 343 g/mol. The predicted molar refractivity (Wildman–Crippen MR) is 103 cm³/mol. The molecule has 0 bridgehead atoms. The van der Waals surface area contributed by atoms with Crippen LogP contribution in [0.2, 0.25) is 0 Å². The zero-order valence-corrected chi connectivity index (χ0v) is 14.9. The number of imidazole rings is 1. The smallest absolute Gasteiger partial charge is 0.234 e. The number of pyridine rings is 1. The molecule has 0 fully saturated rings. The van der Waals surface area contributed by atoms with Gasteiger partial charge in [0.15, 0.2) is 0 Å². The Hall–Kier alpha value is -3.05. The lowest BCUT2D eigenvalue weighted by atomic mass is 10.1. The molecule has 4 rings (SSSR count). The van der Waals surface area contributed by atoms with Gasteiger partial charge in [0.2, 0.25) is 5.78 Å². The number of nitrogens with zero attached hydrogens (tertiary/aromatic N) is 5. The summed E-state index contributed by atoms with van der Waals surface area (Å²) in [6, 6.07) is 18.5. The van der Waals surface area contributed by atoms with Gasteiger partial charge in [0.25, 0.3) is 0 Å². The van der Waals surface area contributed by atoms with E-state index < -0.39 is 0 Å². The van der Waals surface area contributed by atoms with E-state index in [1.807, 2.05) is 48.8 Å². The van der Waals surface area contributed by atoms with Crippen molar-refractivity contribution in [1.82, 2.24) is 24.3 Å². The van der Waals surface area contributed by atoms with Crippen LogP contribution in [0.15, 0.2) is 73.2 Å². The highest BCUT2D eigenvalue weighted by Crippen LogP contribution is 2.27. The summed E-state index contributed by atoms with van der Waals surface area (Å²) < 4.78 is 2.07. The second kappa shape index (κ2) is 7.06. The number of aromatic nitrogens is 4. The van der Waals surface area contributed by atoms with Gasteiger partial charge in [0.1, 0.15) is 0 Å². The van der Waals surface area contributed by atoms with Crippen molar-refractivity contribution in [3.05, 3.63) is 84.6 Å². The molecule has 0 unspecified atom stereocenters. The van der Waals surface area contributed by atoms with Gasteiger partial charge >= 0.3 is 0 Å². The molecule has 3 aromatic heterocycles. The molecule has 5 nitrogen and oxygen atoms in total. The molecule has 0 spiro atoms. The maximum absolute atomic E-state index is 4.78. The number of benzene rings is 1. The Morgan fingerprint density at radius 3 is 2.50 bits per heavy atom. The summed E-state index contributed by atoms with van der Waals surface area (Å²) in [5.41, 5.74) is 4.27. The molecule has 0 aliphatic carbocycles. The minimum absolute atomic E-state index is 0.196. The first-order valence-corrected chi connectivity index (χ1v) is 8.72. The molecule has 0 aliphatic heterocycles. The van der Waals surface area contributed by atoms with E-state index in [1.54, 1.807) is 6.20 Å². The van der Waals surface area contributed by atoms with Crippen LogP contribution in [-0.4, -0.2) is 31.3 Å². The first-order valence-electron chi connectivity index (χ1n) is 8.72. The Morgan fingerprint density at radius 2 is 1.73 bits per heavy atom. The summed E-state index contributed by atoms with van der Waals surface area (Å²) in [5, 5.41) is 0. The predicted octanol–water partition coefficient (Wildman–Crippen LogP) is 3.98. The van der Waals surface area contributed by atoms with Crippen LogP contribution in [0.5, 0.6) is 0 Å². The van der Waals surface area contributed by atoms with Gasteiger partial charge in [-0.1, -0.05) is 36.4 Å². The Morgan fingerprint density at radius 1 is 0.962 bits per heavy atom.